The maximum Gasteiger partial charge on any atom is 0.306 e. The second-order valence-electron chi connectivity index (χ2n) is 21.3. The molecule has 0 aromatic heterocycles. The zero-order chi connectivity index (χ0) is 59.2. The Balaban J connectivity index is 0.905. The second kappa shape index (κ2) is 25.7. The molecule has 0 bridgehead atoms. The van der Waals surface area contributed by atoms with Gasteiger partial charge in [-0.05, 0) is 56.9 Å². The van der Waals surface area contributed by atoms with E-state index in [1.165, 1.54) is 52.2 Å². The third-order valence-corrected chi connectivity index (χ3v) is 15.3. The number of Topliss-reactive ketones (excluding diaryl/α,β-unsaturated/α-hetero) is 3. The van der Waals surface area contributed by atoms with E-state index in [1.807, 2.05) is 0 Å². The number of aromatic hydroxyl groups is 2. The molecule has 2 aliphatic carbocycles. The zero-order valence-corrected chi connectivity index (χ0v) is 45.7. The van der Waals surface area contributed by atoms with Crippen LogP contribution in [0.1, 0.15) is 146 Å². The van der Waals surface area contributed by atoms with E-state index in [-0.39, 0.29) is 78.5 Å². The quantitative estimate of drug-likeness (QED) is 0.0284. The summed E-state index contributed by atoms with van der Waals surface area (Å²) in [6.07, 6.45) is -2.16. The molecule has 0 spiro atoms. The molecule has 9 atom stereocenters. The van der Waals surface area contributed by atoms with Gasteiger partial charge in [0.05, 0.1) is 67.0 Å². The van der Waals surface area contributed by atoms with Gasteiger partial charge in [0.15, 0.2) is 29.4 Å². The number of carbonyl (C=O) groups excluding carboxylic acids is 10. The Morgan fingerprint density at radius 2 is 1.58 bits per heavy atom. The van der Waals surface area contributed by atoms with Gasteiger partial charge in [0.1, 0.15) is 29.5 Å². The van der Waals surface area contributed by atoms with Crippen LogP contribution in [0.4, 0.5) is 0 Å². The average Bonchev–Trinajstić information content (AvgIpc) is 3.64. The predicted octanol–water partition coefficient (Wildman–Crippen LogP) is 3.50. The van der Waals surface area contributed by atoms with Crippen LogP contribution in [0, 0.1) is 11.8 Å². The molecule has 4 aliphatic rings. The Hall–Kier alpha value is -7.92. The number of aliphatic hydroxyl groups is 2. The highest BCUT2D eigenvalue weighted by Gasteiger charge is 2.50. The monoisotopic (exact) mass is 1120 g/mol. The number of nitrogens with two attached hydrogens (primary N) is 1. The van der Waals surface area contributed by atoms with E-state index in [9.17, 15) is 68.4 Å². The number of allylic oxidation sites excluding steroid dienone is 1. The van der Waals surface area contributed by atoms with Gasteiger partial charge in [-0.3, -0.25) is 47.9 Å². The van der Waals surface area contributed by atoms with Gasteiger partial charge in [-0.1, -0.05) is 56.3 Å². The van der Waals surface area contributed by atoms with Gasteiger partial charge >= 0.3 is 5.97 Å². The summed E-state index contributed by atoms with van der Waals surface area (Å²) in [5.74, 6) is -9.17. The first-order chi connectivity index (χ1) is 38.3. The maximum absolute atomic E-state index is 14.0. The Kier molecular flexibility index (Phi) is 19.3. The minimum atomic E-state index is -2.16. The summed E-state index contributed by atoms with van der Waals surface area (Å²) in [5, 5.41) is 51.5. The fourth-order valence-electron chi connectivity index (χ4n) is 10.6. The normalized spacial score (nSPS) is 22.2. The maximum atomic E-state index is 14.0. The van der Waals surface area contributed by atoms with Crippen molar-refractivity contribution >= 4 is 58.5 Å². The van der Waals surface area contributed by atoms with Crippen molar-refractivity contribution in [3.05, 3.63) is 111 Å². The standard InChI is InChI=1S/C59H68N4O18/c1-29(21-40(65)31(3)61-45(68)13-8-7-9-20-63-30(2)14-19-46(63)69)58(76)62-39(25-44(60)67)41(66)22-34-15-17-35(18-16-34)28-79-47(70)23-36-24-48(80-32(4)53(36)71)81-43-27-59(77,33(5)64)26-38-50(43)57(75)52-51(55(38)73)54(72)37-11-10-12-42(78-6)49(37)56(52)74/h10-12,14-19,29,31-32,36,39,43,48,53,71,73,75,77H,2,7-9,13,20-28H2,1,3-6H3,(H2,60,67)(H,61,68)(H,62,76)/t29-,31+,32+,36+,39+,43+,48+,53-,59+/m1/s1. The van der Waals surface area contributed by atoms with Crippen LogP contribution in [-0.2, 0) is 72.0 Å². The third kappa shape index (κ3) is 13.8. The van der Waals surface area contributed by atoms with Crippen molar-refractivity contribution in [3.8, 4) is 17.2 Å². The van der Waals surface area contributed by atoms with Gasteiger partial charge < -0.3 is 60.6 Å². The molecule has 1 saturated heterocycles. The lowest BCUT2D eigenvalue weighted by atomic mass is 9.72. The number of hydrogen-bond donors (Lipinski definition) is 7. The van der Waals surface area contributed by atoms with Gasteiger partial charge in [0.2, 0.25) is 23.5 Å². The summed E-state index contributed by atoms with van der Waals surface area (Å²) < 4.78 is 23.2. The summed E-state index contributed by atoms with van der Waals surface area (Å²) in [7, 11) is 1.30. The molecule has 432 valence electrons. The summed E-state index contributed by atoms with van der Waals surface area (Å²) in [6, 6.07) is 8.48. The van der Waals surface area contributed by atoms with E-state index in [0.29, 0.717) is 42.6 Å². The summed E-state index contributed by atoms with van der Waals surface area (Å²) in [6.45, 7) is 9.73. The van der Waals surface area contributed by atoms with Crippen molar-refractivity contribution in [3.63, 3.8) is 0 Å². The van der Waals surface area contributed by atoms with Gasteiger partial charge in [-0.25, -0.2) is 0 Å². The number of aliphatic hydroxyl groups excluding tert-OH is 1. The molecular formula is C59H68N4O18. The number of rotatable bonds is 25. The molecule has 0 saturated carbocycles. The molecule has 2 heterocycles. The van der Waals surface area contributed by atoms with Crippen molar-refractivity contribution in [2.75, 3.05) is 13.7 Å². The summed E-state index contributed by atoms with van der Waals surface area (Å²) in [5.41, 5.74) is 3.29. The van der Waals surface area contributed by atoms with Crippen LogP contribution in [0.3, 0.4) is 0 Å². The first kappa shape index (κ1) is 60.7. The molecule has 81 heavy (non-hydrogen) atoms. The van der Waals surface area contributed by atoms with E-state index in [2.05, 4.69) is 17.2 Å². The lowest BCUT2D eigenvalue weighted by Gasteiger charge is -2.42. The molecule has 0 unspecified atom stereocenters. The number of carbonyl (C=O) groups is 10. The molecule has 22 nitrogen and oxygen atoms in total. The molecule has 22 heteroatoms. The van der Waals surface area contributed by atoms with Crippen LogP contribution in [-0.4, -0.2) is 134 Å². The summed E-state index contributed by atoms with van der Waals surface area (Å²) >= 11 is 0. The number of phenolic OH excluding ortho intramolecular Hbond substituents is 2. The zero-order valence-electron chi connectivity index (χ0n) is 45.7. The van der Waals surface area contributed by atoms with Crippen molar-refractivity contribution < 1.29 is 87.3 Å². The number of methoxy groups -OCH3 is 1. The number of amides is 4. The number of ketones is 5. The third-order valence-electron chi connectivity index (χ3n) is 15.3. The number of primary amides is 1. The van der Waals surface area contributed by atoms with E-state index < -0.39 is 143 Å². The lowest BCUT2D eigenvalue weighted by molar-refractivity contribution is -0.257. The fraction of sp³-hybridized carbons (Fsp3) is 0.458. The highest BCUT2D eigenvalue weighted by Crippen LogP contribution is 2.53. The minimum Gasteiger partial charge on any atom is -0.507 e. The molecule has 3 aromatic rings. The predicted molar refractivity (Wildman–Crippen MR) is 286 cm³/mol. The van der Waals surface area contributed by atoms with Crippen LogP contribution in [0.2, 0.25) is 0 Å². The number of benzene rings is 3. The number of nitrogens with one attached hydrogen (secondary N) is 2. The number of hydrogen-bond acceptors (Lipinski definition) is 18. The SMILES string of the molecule is C=C1C=CC(=O)N1CCCCCC(=O)N[C@@H](C)C(=O)C[C@@H](C)C(=O)N[C@@H](CC(N)=O)C(=O)Cc1ccc(COC(=O)C[C@H]2C[C@H](O[C@H]3C[C@](O)(C(C)=O)Cc4c(O)c5c(c(O)c43)C(=O)c3c(OC)cccc3C5=O)O[C@@H](C)[C@H]2O)cc1. The Labute approximate surface area is 467 Å². The van der Waals surface area contributed by atoms with Gasteiger partial charge in [0.25, 0.3) is 5.91 Å². The highest BCUT2D eigenvalue weighted by atomic mass is 16.7. The number of nitrogens with zero attached hydrogens (tertiary/aromatic N) is 1. The number of unbranched alkanes of at least 4 members (excludes halogenated alkanes) is 2. The minimum absolute atomic E-state index is 0.0517. The topological polar surface area (TPSA) is 342 Å². The van der Waals surface area contributed by atoms with Crippen molar-refractivity contribution in [2.45, 2.75) is 147 Å². The molecule has 8 N–H and O–H groups in total. The largest absolute Gasteiger partial charge is 0.507 e. The number of ether oxygens (including phenoxy) is 4. The summed E-state index contributed by atoms with van der Waals surface area (Å²) in [4.78, 5) is 132. The van der Waals surface area contributed by atoms with E-state index >= 15 is 0 Å². The van der Waals surface area contributed by atoms with E-state index in [1.54, 1.807) is 35.2 Å². The number of esters is 1. The molecule has 4 amide bonds. The fourth-order valence-corrected chi connectivity index (χ4v) is 10.6. The van der Waals surface area contributed by atoms with Gasteiger partial charge in [-0.15, -0.1) is 0 Å². The van der Waals surface area contributed by atoms with E-state index in [0.717, 1.165) is 6.92 Å². The molecule has 2 aliphatic heterocycles. The molecule has 7 rings (SSSR count). The first-order valence-corrected chi connectivity index (χ1v) is 26.8. The number of phenols is 2. The Morgan fingerprint density at radius 3 is 2.23 bits per heavy atom. The highest BCUT2D eigenvalue weighted by molar-refractivity contribution is 6.31. The molecular weight excluding hydrogens is 1050 g/mol. The Bertz CT molecular complexity index is 3060. The molecule has 0 radical (unpaired) electrons. The smallest absolute Gasteiger partial charge is 0.306 e. The van der Waals surface area contributed by atoms with Crippen LogP contribution >= 0.6 is 0 Å². The van der Waals surface area contributed by atoms with Crippen molar-refractivity contribution in [2.24, 2.45) is 17.6 Å². The Morgan fingerprint density at radius 1 is 0.889 bits per heavy atom. The van der Waals surface area contributed by atoms with Crippen LogP contribution in [0.5, 0.6) is 17.2 Å². The van der Waals surface area contributed by atoms with Gasteiger partial charge in [0, 0.05) is 85.4 Å². The van der Waals surface area contributed by atoms with Crippen molar-refractivity contribution in [1.82, 2.24) is 15.5 Å². The van der Waals surface area contributed by atoms with Crippen LogP contribution in [0.15, 0.2) is 66.9 Å². The van der Waals surface area contributed by atoms with Crippen LogP contribution < -0.4 is 21.1 Å². The van der Waals surface area contributed by atoms with Crippen molar-refractivity contribution in [1.29, 1.82) is 0 Å². The molecule has 3 aromatic carbocycles. The lowest BCUT2D eigenvalue weighted by Crippen LogP contribution is -2.48. The second-order valence-corrected chi connectivity index (χ2v) is 21.3. The average molecular weight is 1120 g/mol. The number of fused-ring (bicyclic) bond motifs is 3. The first-order valence-electron chi connectivity index (χ1n) is 26.8. The van der Waals surface area contributed by atoms with Crippen LogP contribution in [0.25, 0.3) is 0 Å². The van der Waals surface area contributed by atoms with Gasteiger partial charge in [-0.2, -0.15) is 0 Å². The molecule has 1 fully saturated rings. The van der Waals surface area contributed by atoms with E-state index in [4.69, 9.17) is 24.7 Å².